The highest BCUT2D eigenvalue weighted by molar-refractivity contribution is 7.91. The Morgan fingerprint density at radius 3 is 2.05 bits per heavy atom. The van der Waals surface area contributed by atoms with E-state index in [1.807, 2.05) is 0 Å². The van der Waals surface area contributed by atoms with Crippen LogP contribution in [0.5, 0.6) is 0 Å². The minimum absolute atomic E-state index is 0.275. The third-order valence-corrected chi connectivity index (χ3v) is 3.53. The zero-order chi connectivity index (χ0) is 15.6. The lowest BCUT2D eigenvalue weighted by Gasteiger charge is -2.08. The van der Waals surface area contributed by atoms with Crippen molar-refractivity contribution in [3.63, 3.8) is 0 Å². The van der Waals surface area contributed by atoms with Crippen LogP contribution in [0, 0.1) is 0 Å². The summed E-state index contributed by atoms with van der Waals surface area (Å²) < 4.78 is 82.2. The van der Waals surface area contributed by atoms with Crippen molar-refractivity contribution in [1.82, 2.24) is 5.32 Å². The summed E-state index contributed by atoms with van der Waals surface area (Å²) in [4.78, 5) is 10.6. The number of hydrogen-bond acceptors (Lipinski definition) is 3. The second-order valence-electron chi connectivity index (χ2n) is 3.63. The Balaban J connectivity index is 2.85. The fourth-order valence-corrected chi connectivity index (χ4v) is 1.90. The molecule has 4 nitrogen and oxygen atoms in total. The van der Waals surface area contributed by atoms with Gasteiger partial charge in [0.25, 0.3) is 5.91 Å². The summed E-state index contributed by atoms with van der Waals surface area (Å²) in [6.07, 6.45) is -4.59. The minimum Gasteiger partial charge on any atom is -0.343 e. The summed E-state index contributed by atoms with van der Waals surface area (Å²) in [6.45, 7) is -1.55. The molecule has 0 aliphatic heterocycles. The van der Waals surface area contributed by atoms with Crippen molar-refractivity contribution in [2.45, 2.75) is 16.8 Å². The number of alkyl halides is 5. The Hall–Kier alpha value is -1.71. The largest absolute Gasteiger partial charge is 0.405 e. The van der Waals surface area contributed by atoms with Gasteiger partial charge in [0.2, 0.25) is 9.84 Å². The van der Waals surface area contributed by atoms with Crippen molar-refractivity contribution in [2.24, 2.45) is 0 Å². The standard InChI is InChI=1S/C10H8F5NO3S/c11-9(12)20(18,19)7-3-1-6(2-4-7)8(17)16-5-10(13,14)15/h1-4,9H,5H2,(H,16,17). The third kappa shape index (κ3) is 4.15. The second kappa shape index (κ2) is 5.73. The lowest BCUT2D eigenvalue weighted by molar-refractivity contribution is -0.123. The van der Waals surface area contributed by atoms with E-state index >= 15 is 0 Å². The molecule has 1 amide bonds. The van der Waals surface area contributed by atoms with Gasteiger partial charge in [-0.05, 0) is 24.3 Å². The van der Waals surface area contributed by atoms with Crippen LogP contribution in [0.15, 0.2) is 29.2 Å². The summed E-state index contributed by atoms with van der Waals surface area (Å²) in [5, 5.41) is 1.56. The normalized spacial score (nSPS) is 12.5. The summed E-state index contributed by atoms with van der Waals surface area (Å²) in [7, 11) is -4.80. The molecule has 0 saturated heterocycles. The van der Waals surface area contributed by atoms with E-state index in [2.05, 4.69) is 0 Å². The Labute approximate surface area is 110 Å². The van der Waals surface area contributed by atoms with Gasteiger partial charge in [0, 0.05) is 5.56 Å². The first-order valence-electron chi connectivity index (χ1n) is 5.01. The molecule has 1 rings (SSSR count). The summed E-state index contributed by atoms with van der Waals surface area (Å²) in [6, 6.07) is 3.15. The number of amides is 1. The first-order valence-corrected chi connectivity index (χ1v) is 6.56. The van der Waals surface area contributed by atoms with E-state index < -0.39 is 39.1 Å². The molecule has 0 radical (unpaired) electrons. The smallest absolute Gasteiger partial charge is 0.343 e. The molecule has 0 bridgehead atoms. The van der Waals surface area contributed by atoms with Crippen molar-refractivity contribution >= 4 is 15.7 Å². The van der Waals surface area contributed by atoms with E-state index in [0.29, 0.717) is 0 Å². The SMILES string of the molecule is O=C(NCC(F)(F)F)c1ccc(S(=O)(=O)C(F)F)cc1. The first kappa shape index (κ1) is 16.3. The number of sulfone groups is 1. The van der Waals surface area contributed by atoms with Crippen LogP contribution >= 0.6 is 0 Å². The van der Waals surface area contributed by atoms with Gasteiger partial charge in [0.05, 0.1) is 4.90 Å². The van der Waals surface area contributed by atoms with Gasteiger partial charge in [-0.3, -0.25) is 4.79 Å². The average Bonchev–Trinajstić information content (AvgIpc) is 2.35. The highest BCUT2D eigenvalue weighted by Crippen LogP contribution is 2.19. The minimum atomic E-state index is -4.80. The number of halogens is 5. The van der Waals surface area contributed by atoms with Crippen LogP contribution in [0.3, 0.4) is 0 Å². The van der Waals surface area contributed by atoms with E-state index in [0.717, 1.165) is 24.3 Å². The molecule has 1 aromatic carbocycles. The molecule has 0 spiro atoms. The van der Waals surface area contributed by atoms with E-state index in [4.69, 9.17) is 0 Å². The van der Waals surface area contributed by atoms with E-state index in [-0.39, 0.29) is 5.56 Å². The topological polar surface area (TPSA) is 63.2 Å². The maximum absolute atomic E-state index is 12.2. The van der Waals surface area contributed by atoms with Gasteiger partial charge in [0.1, 0.15) is 6.54 Å². The molecule has 0 atom stereocenters. The molecule has 0 unspecified atom stereocenters. The van der Waals surface area contributed by atoms with Crippen molar-refractivity contribution in [3.05, 3.63) is 29.8 Å². The predicted octanol–water partition coefficient (Wildman–Crippen LogP) is 1.98. The van der Waals surface area contributed by atoms with Crippen LogP contribution < -0.4 is 5.32 Å². The van der Waals surface area contributed by atoms with Crippen LogP contribution in [0.2, 0.25) is 0 Å². The lowest BCUT2D eigenvalue weighted by atomic mass is 10.2. The van der Waals surface area contributed by atoms with Gasteiger partial charge in [-0.2, -0.15) is 22.0 Å². The monoisotopic (exact) mass is 317 g/mol. The van der Waals surface area contributed by atoms with Gasteiger partial charge < -0.3 is 5.32 Å². The molecule has 0 heterocycles. The third-order valence-electron chi connectivity index (χ3n) is 2.13. The van der Waals surface area contributed by atoms with Gasteiger partial charge in [-0.25, -0.2) is 8.42 Å². The van der Waals surface area contributed by atoms with Crippen molar-refractivity contribution in [3.8, 4) is 0 Å². The maximum Gasteiger partial charge on any atom is 0.405 e. The molecule has 112 valence electrons. The van der Waals surface area contributed by atoms with Crippen LogP contribution in [-0.4, -0.2) is 32.8 Å². The predicted molar refractivity (Wildman–Crippen MR) is 58.0 cm³/mol. The highest BCUT2D eigenvalue weighted by atomic mass is 32.2. The fourth-order valence-electron chi connectivity index (χ4n) is 1.18. The number of carbonyl (C=O) groups excluding carboxylic acids is 1. The Bertz CT molecular complexity index is 580. The molecule has 0 saturated carbocycles. The zero-order valence-electron chi connectivity index (χ0n) is 9.62. The van der Waals surface area contributed by atoms with E-state index in [9.17, 15) is 35.2 Å². The van der Waals surface area contributed by atoms with Crippen LogP contribution in [0.1, 0.15) is 10.4 Å². The summed E-state index contributed by atoms with van der Waals surface area (Å²) >= 11 is 0. The lowest BCUT2D eigenvalue weighted by Crippen LogP contribution is -2.33. The zero-order valence-corrected chi connectivity index (χ0v) is 10.4. The van der Waals surface area contributed by atoms with Gasteiger partial charge in [0.15, 0.2) is 0 Å². The highest BCUT2D eigenvalue weighted by Gasteiger charge is 2.29. The van der Waals surface area contributed by atoms with Crippen LogP contribution in [0.25, 0.3) is 0 Å². The number of carbonyl (C=O) groups is 1. The number of hydrogen-bond donors (Lipinski definition) is 1. The summed E-state index contributed by atoms with van der Waals surface area (Å²) in [5.74, 6) is -4.71. The molecule has 0 aliphatic rings. The fraction of sp³-hybridized carbons (Fsp3) is 0.300. The molecule has 0 fully saturated rings. The van der Waals surface area contributed by atoms with Gasteiger partial charge in [-0.1, -0.05) is 0 Å². The number of rotatable bonds is 4. The molecular formula is C10H8F5NO3S. The first-order chi connectivity index (χ1) is 9.04. The molecule has 0 aromatic heterocycles. The molecular weight excluding hydrogens is 309 g/mol. The molecule has 20 heavy (non-hydrogen) atoms. The summed E-state index contributed by atoms with van der Waals surface area (Å²) in [5.41, 5.74) is -0.275. The Kier molecular flexibility index (Phi) is 4.69. The number of nitrogens with one attached hydrogen (secondary N) is 1. The second-order valence-corrected chi connectivity index (χ2v) is 5.55. The number of benzene rings is 1. The molecule has 0 aliphatic carbocycles. The Morgan fingerprint density at radius 1 is 1.15 bits per heavy atom. The van der Waals surface area contributed by atoms with Crippen LogP contribution in [-0.2, 0) is 9.84 Å². The van der Waals surface area contributed by atoms with Gasteiger partial charge >= 0.3 is 11.9 Å². The maximum atomic E-state index is 12.2. The van der Waals surface area contributed by atoms with Crippen LogP contribution in [0.4, 0.5) is 22.0 Å². The van der Waals surface area contributed by atoms with Crippen molar-refractivity contribution in [1.29, 1.82) is 0 Å². The van der Waals surface area contributed by atoms with E-state index in [1.54, 1.807) is 5.32 Å². The molecule has 1 N–H and O–H groups in total. The van der Waals surface area contributed by atoms with Crippen molar-refractivity contribution in [2.75, 3.05) is 6.54 Å². The van der Waals surface area contributed by atoms with Gasteiger partial charge in [-0.15, -0.1) is 0 Å². The molecule has 1 aromatic rings. The molecule has 10 heteroatoms. The average molecular weight is 317 g/mol. The van der Waals surface area contributed by atoms with Crippen molar-refractivity contribution < 1.29 is 35.2 Å². The van der Waals surface area contributed by atoms with E-state index in [1.165, 1.54) is 0 Å². The quantitative estimate of drug-likeness (QED) is 0.864. The Morgan fingerprint density at radius 2 is 1.65 bits per heavy atom.